The molecule has 0 unspecified atom stereocenters. The number of ether oxygens (including phenoxy) is 2. The monoisotopic (exact) mass is 543 g/mol. The van der Waals surface area contributed by atoms with Crippen molar-refractivity contribution < 1.29 is 23.5 Å². The summed E-state index contributed by atoms with van der Waals surface area (Å²) in [5.41, 5.74) is 6.35. The van der Waals surface area contributed by atoms with Gasteiger partial charge in [-0.1, -0.05) is 22.5 Å². The minimum atomic E-state index is -0.813. The van der Waals surface area contributed by atoms with Gasteiger partial charge < -0.3 is 25.4 Å². The number of nitrogens with zero attached hydrogens (tertiary/aromatic N) is 3. The number of carbonyl (C=O) groups excluding carboxylic acids is 2. The van der Waals surface area contributed by atoms with Gasteiger partial charge in [-0.2, -0.15) is 0 Å². The molecule has 0 radical (unpaired) electrons. The Kier molecular flexibility index (Phi) is 7.15. The van der Waals surface area contributed by atoms with E-state index in [-0.39, 0.29) is 24.6 Å². The van der Waals surface area contributed by atoms with Crippen LogP contribution in [0.25, 0.3) is 10.9 Å². The molecule has 3 aromatic rings. The molecule has 1 aliphatic rings. The Morgan fingerprint density at radius 2 is 2.09 bits per heavy atom. The van der Waals surface area contributed by atoms with Gasteiger partial charge in [0, 0.05) is 35.3 Å². The number of likely N-dealkylation sites (tertiary alicyclic amines) is 1. The van der Waals surface area contributed by atoms with Crippen LogP contribution in [0, 0.1) is 5.82 Å². The third-order valence-corrected chi connectivity index (χ3v) is 6.23. The van der Waals surface area contributed by atoms with E-state index in [0.717, 1.165) is 6.08 Å². The Labute approximate surface area is 209 Å². The molecule has 1 fully saturated rings. The topological polar surface area (TPSA) is 120 Å². The number of nitrogens with two attached hydrogens (primary N) is 1. The molecule has 2 aromatic carbocycles. The zero-order valence-corrected chi connectivity index (χ0v) is 20.4. The van der Waals surface area contributed by atoms with Crippen molar-refractivity contribution in [2.24, 2.45) is 5.73 Å². The van der Waals surface area contributed by atoms with E-state index >= 15 is 0 Å². The maximum Gasteiger partial charge on any atom is 0.246 e. The number of hydrogen-bond donors (Lipinski definition) is 2. The van der Waals surface area contributed by atoms with Crippen LogP contribution in [-0.4, -0.2) is 52.5 Å². The van der Waals surface area contributed by atoms with Crippen molar-refractivity contribution in [2.45, 2.75) is 25.0 Å². The highest BCUT2D eigenvalue weighted by Crippen LogP contribution is 2.37. The first-order valence-electron chi connectivity index (χ1n) is 10.7. The van der Waals surface area contributed by atoms with Crippen molar-refractivity contribution in [3.8, 4) is 11.5 Å². The summed E-state index contributed by atoms with van der Waals surface area (Å²) in [6.07, 6.45) is 2.82. The summed E-state index contributed by atoms with van der Waals surface area (Å²) in [7, 11) is 1.50. The fraction of sp³-hybridized carbons (Fsp3) is 0.250. The molecule has 4 rings (SSSR count). The van der Waals surface area contributed by atoms with E-state index in [9.17, 15) is 14.0 Å². The Hall–Kier alpha value is -3.73. The van der Waals surface area contributed by atoms with Crippen LogP contribution in [0.15, 0.2) is 53.8 Å². The highest BCUT2D eigenvalue weighted by Gasteiger charge is 2.35. The number of anilines is 2. The summed E-state index contributed by atoms with van der Waals surface area (Å²) in [6.45, 7) is 3.77. The van der Waals surface area contributed by atoms with Crippen molar-refractivity contribution >= 4 is 50.2 Å². The summed E-state index contributed by atoms with van der Waals surface area (Å²) in [5.74, 6) is -0.221. The number of benzene rings is 2. The van der Waals surface area contributed by atoms with Crippen LogP contribution in [0.1, 0.15) is 12.8 Å². The molecule has 9 nitrogen and oxygen atoms in total. The van der Waals surface area contributed by atoms with Crippen LogP contribution >= 0.6 is 15.9 Å². The molecule has 1 aromatic heterocycles. The number of aromatic nitrogens is 2. The van der Waals surface area contributed by atoms with Gasteiger partial charge in [0.05, 0.1) is 18.3 Å². The van der Waals surface area contributed by atoms with Crippen molar-refractivity contribution in [2.75, 3.05) is 19.0 Å². The fourth-order valence-corrected chi connectivity index (χ4v) is 4.34. The van der Waals surface area contributed by atoms with E-state index in [2.05, 4.69) is 37.8 Å². The van der Waals surface area contributed by atoms with Crippen molar-refractivity contribution in [1.29, 1.82) is 0 Å². The normalized spacial score (nSPS) is 17.6. The van der Waals surface area contributed by atoms with Gasteiger partial charge in [0.2, 0.25) is 11.8 Å². The molecule has 35 heavy (non-hydrogen) atoms. The van der Waals surface area contributed by atoms with Crippen LogP contribution in [-0.2, 0) is 9.59 Å². The lowest BCUT2D eigenvalue weighted by atomic mass is 9.98. The molecular weight excluding hydrogens is 521 g/mol. The lowest BCUT2D eigenvalue weighted by Crippen LogP contribution is -2.54. The standard InChI is InChI=1S/C24H23BrFN5O4/c1-3-22(32)31-7-6-14(9-19(31)23(27)33)35-21-10-15-18(11-20(21)34-2)28-12-29-24(15)30-17-5-4-13(25)8-16(17)26/h3-5,8,10-12,14,19H,1,6-7,9H2,2H3,(H2,27,33)(H,28,29,30)/t14-,19-/m1/s1. The first-order valence-corrected chi connectivity index (χ1v) is 11.5. The zero-order valence-electron chi connectivity index (χ0n) is 18.8. The van der Waals surface area contributed by atoms with Crippen LogP contribution in [0.5, 0.6) is 11.5 Å². The lowest BCUT2D eigenvalue weighted by Gasteiger charge is -2.37. The number of carbonyl (C=O) groups is 2. The number of methoxy groups -OCH3 is 1. The SMILES string of the molecule is C=CC(=O)N1CC[C@@H](Oc2cc3c(Nc4ccc(Br)cc4F)ncnc3cc2OC)C[C@@H]1C(N)=O. The van der Waals surface area contributed by atoms with E-state index in [4.69, 9.17) is 15.2 Å². The number of hydrogen-bond acceptors (Lipinski definition) is 7. The Morgan fingerprint density at radius 1 is 1.29 bits per heavy atom. The van der Waals surface area contributed by atoms with Gasteiger partial charge >= 0.3 is 0 Å². The second-order valence-electron chi connectivity index (χ2n) is 7.91. The van der Waals surface area contributed by atoms with Gasteiger partial charge in [0.1, 0.15) is 30.1 Å². The van der Waals surface area contributed by atoms with Crippen LogP contribution in [0.3, 0.4) is 0 Å². The van der Waals surface area contributed by atoms with Crippen molar-refractivity contribution in [3.05, 3.63) is 59.6 Å². The van der Waals surface area contributed by atoms with Crippen molar-refractivity contribution in [1.82, 2.24) is 14.9 Å². The highest BCUT2D eigenvalue weighted by molar-refractivity contribution is 9.10. The molecule has 0 aliphatic carbocycles. The predicted molar refractivity (Wildman–Crippen MR) is 132 cm³/mol. The first-order chi connectivity index (χ1) is 16.8. The maximum absolute atomic E-state index is 14.4. The minimum absolute atomic E-state index is 0.219. The second kappa shape index (κ2) is 10.3. The number of nitrogens with one attached hydrogen (secondary N) is 1. The van der Waals surface area contributed by atoms with E-state index < -0.39 is 23.9 Å². The quantitative estimate of drug-likeness (QED) is 0.436. The van der Waals surface area contributed by atoms with E-state index in [0.29, 0.717) is 39.1 Å². The highest BCUT2D eigenvalue weighted by atomic mass is 79.9. The number of piperidine rings is 1. The number of primary amides is 1. The zero-order chi connectivity index (χ0) is 25.1. The van der Waals surface area contributed by atoms with Gasteiger partial charge in [-0.05, 0) is 30.3 Å². The fourth-order valence-electron chi connectivity index (χ4n) is 4.00. The summed E-state index contributed by atoms with van der Waals surface area (Å²) in [5, 5.41) is 3.58. The third-order valence-electron chi connectivity index (χ3n) is 5.74. The molecule has 11 heteroatoms. The number of halogens is 2. The molecule has 3 N–H and O–H groups in total. The third kappa shape index (κ3) is 5.19. The van der Waals surface area contributed by atoms with E-state index in [1.54, 1.807) is 24.3 Å². The minimum Gasteiger partial charge on any atom is -0.493 e. The molecule has 0 saturated carbocycles. The smallest absolute Gasteiger partial charge is 0.246 e. The molecule has 182 valence electrons. The summed E-state index contributed by atoms with van der Waals surface area (Å²) >= 11 is 3.24. The lowest BCUT2D eigenvalue weighted by molar-refractivity contribution is -0.139. The number of fused-ring (bicyclic) bond motifs is 1. The molecule has 0 spiro atoms. The molecule has 2 heterocycles. The van der Waals surface area contributed by atoms with Crippen LogP contribution in [0.4, 0.5) is 15.9 Å². The number of rotatable bonds is 7. The summed E-state index contributed by atoms with van der Waals surface area (Å²) < 4.78 is 26.7. The van der Waals surface area contributed by atoms with Gasteiger partial charge in [0.15, 0.2) is 11.5 Å². The molecule has 1 aliphatic heterocycles. The van der Waals surface area contributed by atoms with Gasteiger partial charge in [0.25, 0.3) is 0 Å². The average molecular weight is 544 g/mol. The van der Waals surface area contributed by atoms with Crippen LogP contribution < -0.4 is 20.5 Å². The van der Waals surface area contributed by atoms with Gasteiger partial charge in [-0.3, -0.25) is 9.59 Å². The number of amides is 2. The average Bonchev–Trinajstić information content (AvgIpc) is 2.85. The molecule has 1 saturated heterocycles. The summed E-state index contributed by atoms with van der Waals surface area (Å²) in [4.78, 5) is 34.1. The molecule has 0 bridgehead atoms. The first kappa shape index (κ1) is 24.4. The summed E-state index contributed by atoms with van der Waals surface area (Å²) in [6, 6.07) is 7.24. The Bertz CT molecular complexity index is 1300. The predicted octanol–water partition coefficient (Wildman–Crippen LogP) is 3.69. The molecular formula is C24H23BrFN5O4. The maximum atomic E-state index is 14.4. The van der Waals surface area contributed by atoms with Crippen molar-refractivity contribution in [3.63, 3.8) is 0 Å². The second-order valence-corrected chi connectivity index (χ2v) is 8.83. The Morgan fingerprint density at radius 3 is 2.77 bits per heavy atom. The van der Waals surface area contributed by atoms with Gasteiger partial charge in [-0.15, -0.1) is 0 Å². The van der Waals surface area contributed by atoms with E-state index in [1.165, 1.54) is 24.4 Å². The largest absolute Gasteiger partial charge is 0.493 e. The molecule has 2 amide bonds. The molecule has 2 atom stereocenters. The Balaban J connectivity index is 1.65. The van der Waals surface area contributed by atoms with E-state index in [1.807, 2.05) is 0 Å². The van der Waals surface area contributed by atoms with Crippen LogP contribution in [0.2, 0.25) is 0 Å². The van der Waals surface area contributed by atoms with Gasteiger partial charge in [-0.25, -0.2) is 14.4 Å².